The molecule has 3 aromatic rings. The minimum atomic E-state index is 0.703. The minimum absolute atomic E-state index is 0.703. The molecule has 0 bridgehead atoms. The summed E-state index contributed by atoms with van der Waals surface area (Å²) in [5.41, 5.74) is 6.66. The predicted molar refractivity (Wildman–Crippen MR) is 71.6 cm³/mol. The number of hydrogen-bond acceptors (Lipinski definition) is 5. The zero-order chi connectivity index (χ0) is 11.7. The maximum atomic E-state index is 5.65. The Balaban J connectivity index is 2.05. The number of rotatable bonds is 2. The zero-order valence-electron chi connectivity index (χ0n) is 8.92. The van der Waals surface area contributed by atoms with E-state index >= 15 is 0 Å². The Kier molecular flexibility index (Phi) is 2.38. The minimum Gasteiger partial charge on any atom is -0.389 e. The average Bonchev–Trinajstić information content (AvgIpc) is 2.75. The molecule has 2 heterocycles. The molecule has 0 saturated heterocycles. The number of pyridine rings is 1. The number of nitrogens with zero attached hydrogens (tertiary/aromatic N) is 2. The molecule has 0 aliphatic carbocycles. The molecule has 84 valence electrons. The molecule has 2 aromatic heterocycles. The second-order valence-corrected chi connectivity index (χ2v) is 4.66. The van der Waals surface area contributed by atoms with Gasteiger partial charge in [0.2, 0.25) is 0 Å². The summed E-state index contributed by atoms with van der Waals surface area (Å²) in [7, 11) is 0. The van der Waals surface area contributed by atoms with E-state index in [0.29, 0.717) is 5.00 Å². The van der Waals surface area contributed by atoms with Gasteiger partial charge in [0.1, 0.15) is 5.00 Å². The summed E-state index contributed by atoms with van der Waals surface area (Å²) >= 11 is 1.43. The van der Waals surface area contributed by atoms with Gasteiger partial charge in [-0.1, -0.05) is 23.5 Å². The van der Waals surface area contributed by atoms with Crippen LogP contribution in [-0.4, -0.2) is 9.97 Å². The van der Waals surface area contributed by atoms with Gasteiger partial charge in [0.15, 0.2) is 5.13 Å². The molecule has 0 radical (unpaired) electrons. The first-order valence-corrected chi connectivity index (χ1v) is 5.95. The van der Waals surface area contributed by atoms with Crippen molar-refractivity contribution in [1.29, 1.82) is 0 Å². The molecule has 1 aromatic carbocycles. The summed E-state index contributed by atoms with van der Waals surface area (Å²) in [4.78, 5) is 8.29. The second kappa shape index (κ2) is 4.03. The number of nitrogen functional groups attached to an aromatic ring is 1. The standard InChI is InChI=1S/C12H10N4S/c13-11-7-15-12(17-11)16-10-3-1-2-8-6-14-5-4-9(8)10/h1-7H,13H2,(H,15,16). The third-order valence-corrected chi connectivity index (χ3v) is 3.19. The van der Waals surface area contributed by atoms with Crippen LogP contribution in [0.4, 0.5) is 15.8 Å². The Morgan fingerprint density at radius 1 is 1.18 bits per heavy atom. The third-order valence-electron chi connectivity index (χ3n) is 2.45. The van der Waals surface area contributed by atoms with Crippen molar-refractivity contribution in [3.8, 4) is 0 Å². The number of nitrogens with two attached hydrogens (primary N) is 1. The van der Waals surface area contributed by atoms with Gasteiger partial charge in [0.05, 0.1) is 6.20 Å². The van der Waals surface area contributed by atoms with Crippen LogP contribution in [0.1, 0.15) is 0 Å². The molecule has 0 saturated carbocycles. The Labute approximate surface area is 102 Å². The Morgan fingerprint density at radius 3 is 2.94 bits per heavy atom. The fourth-order valence-electron chi connectivity index (χ4n) is 1.69. The van der Waals surface area contributed by atoms with E-state index in [1.165, 1.54) is 11.3 Å². The quantitative estimate of drug-likeness (QED) is 0.725. The summed E-state index contributed by atoms with van der Waals surface area (Å²) in [6.45, 7) is 0. The van der Waals surface area contributed by atoms with Crippen molar-refractivity contribution in [3.05, 3.63) is 42.9 Å². The average molecular weight is 242 g/mol. The molecule has 0 atom stereocenters. The lowest BCUT2D eigenvalue weighted by Crippen LogP contribution is -1.90. The topological polar surface area (TPSA) is 63.8 Å². The zero-order valence-corrected chi connectivity index (χ0v) is 9.74. The van der Waals surface area contributed by atoms with E-state index in [2.05, 4.69) is 15.3 Å². The lowest BCUT2D eigenvalue weighted by molar-refractivity contribution is 1.36. The summed E-state index contributed by atoms with van der Waals surface area (Å²) in [5, 5.41) is 6.99. The van der Waals surface area contributed by atoms with Crippen LogP contribution < -0.4 is 11.1 Å². The van der Waals surface area contributed by atoms with Crippen molar-refractivity contribution in [1.82, 2.24) is 9.97 Å². The van der Waals surface area contributed by atoms with Gasteiger partial charge in [0.25, 0.3) is 0 Å². The van der Waals surface area contributed by atoms with Crippen LogP contribution in [0.25, 0.3) is 10.8 Å². The van der Waals surface area contributed by atoms with Gasteiger partial charge in [-0.3, -0.25) is 4.98 Å². The third kappa shape index (κ3) is 1.92. The van der Waals surface area contributed by atoms with Gasteiger partial charge in [0, 0.05) is 28.9 Å². The Hall–Kier alpha value is -2.14. The van der Waals surface area contributed by atoms with Crippen molar-refractivity contribution >= 4 is 37.9 Å². The summed E-state index contributed by atoms with van der Waals surface area (Å²) < 4.78 is 0. The molecule has 0 aliphatic heterocycles. The van der Waals surface area contributed by atoms with Crippen molar-refractivity contribution in [3.63, 3.8) is 0 Å². The van der Waals surface area contributed by atoms with Gasteiger partial charge in [-0.25, -0.2) is 4.98 Å². The molecule has 4 nitrogen and oxygen atoms in total. The summed E-state index contributed by atoms with van der Waals surface area (Å²) in [6.07, 6.45) is 5.28. The lowest BCUT2D eigenvalue weighted by atomic mass is 10.1. The van der Waals surface area contributed by atoms with Gasteiger partial charge in [-0.2, -0.15) is 0 Å². The molecule has 0 aliphatic rings. The lowest BCUT2D eigenvalue weighted by Gasteiger charge is -2.06. The second-order valence-electron chi connectivity index (χ2n) is 3.60. The number of hydrogen-bond donors (Lipinski definition) is 2. The fraction of sp³-hybridized carbons (Fsp3) is 0. The largest absolute Gasteiger partial charge is 0.389 e. The number of nitrogens with one attached hydrogen (secondary N) is 1. The molecular weight excluding hydrogens is 232 g/mol. The molecule has 5 heteroatoms. The van der Waals surface area contributed by atoms with E-state index < -0.39 is 0 Å². The first kappa shape index (κ1) is 10.0. The van der Waals surface area contributed by atoms with E-state index in [9.17, 15) is 0 Å². The SMILES string of the molecule is Nc1cnc(Nc2cccc3cnccc23)s1. The Morgan fingerprint density at radius 2 is 2.12 bits per heavy atom. The van der Waals surface area contributed by atoms with Gasteiger partial charge < -0.3 is 11.1 Å². The molecule has 0 fully saturated rings. The first-order valence-electron chi connectivity index (χ1n) is 5.14. The highest BCUT2D eigenvalue weighted by molar-refractivity contribution is 7.19. The highest BCUT2D eigenvalue weighted by Gasteiger charge is 2.03. The van der Waals surface area contributed by atoms with Crippen LogP contribution >= 0.6 is 11.3 Å². The summed E-state index contributed by atoms with van der Waals surface area (Å²) in [5.74, 6) is 0. The predicted octanol–water partition coefficient (Wildman–Crippen LogP) is 3.02. The molecular formula is C12H10N4S. The number of aromatic nitrogens is 2. The van der Waals surface area contributed by atoms with Gasteiger partial charge >= 0.3 is 0 Å². The first-order chi connectivity index (χ1) is 8.33. The normalized spacial score (nSPS) is 10.6. The molecule has 17 heavy (non-hydrogen) atoms. The van der Waals surface area contributed by atoms with Crippen LogP contribution in [0.15, 0.2) is 42.9 Å². The highest BCUT2D eigenvalue weighted by atomic mass is 32.1. The van der Waals surface area contributed by atoms with Gasteiger partial charge in [-0.05, 0) is 12.1 Å². The number of anilines is 3. The van der Waals surface area contributed by atoms with Crippen molar-refractivity contribution < 1.29 is 0 Å². The molecule has 0 spiro atoms. The smallest absolute Gasteiger partial charge is 0.189 e. The Bertz CT molecular complexity index is 657. The van der Waals surface area contributed by atoms with Crippen molar-refractivity contribution in [2.24, 2.45) is 0 Å². The van der Waals surface area contributed by atoms with Crippen LogP contribution in [0, 0.1) is 0 Å². The maximum Gasteiger partial charge on any atom is 0.189 e. The highest BCUT2D eigenvalue weighted by Crippen LogP contribution is 2.28. The summed E-state index contributed by atoms with van der Waals surface area (Å²) in [6, 6.07) is 8.02. The van der Waals surface area contributed by atoms with Crippen LogP contribution in [0.5, 0.6) is 0 Å². The van der Waals surface area contributed by atoms with Crippen LogP contribution in [-0.2, 0) is 0 Å². The fourth-order valence-corrected chi connectivity index (χ4v) is 2.29. The van der Waals surface area contributed by atoms with E-state index in [-0.39, 0.29) is 0 Å². The van der Waals surface area contributed by atoms with Crippen LogP contribution in [0.2, 0.25) is 0 Å². The molecule has 3 rings (SSSR count). The van der Waals surface area contributed by atoms with E-state index in [1.807, 2.05) is 30.5 Å². The molecule has 0 amide bonds. The molecule has 3 N–H and O–H groups in total. The number of thiazole rings is 1. The monoisotopic (exact) mass is 242 g/mol. The number of benzene rings is 1. The van der Waals surface area contributed by atoms with E-state index in [0.717, 1.165) is 21.6 Å². The van der Waals surface area contributed by atoms with E-state index in [1.54, 1.807) is 12.4 Å². The van der Waals surface area contributed by atoms with Crippen molar-refractivity contribution in [2.45, 2.75) is 0 Å². The van der Waals surface area contributed by atoms with E-state index in [4.69, 9.17) is 5.73 Å². The van der Waals surface area contributed by atoms with Crippen molar-refractivity contribution in [2.75, 3.05) is 11.1 Å². The maximum absolute atomic E-state index is 5.65. The molecule has 0 unspecified atom stereocenters. The number of fused-ring (bicyclic) bond motifs is 1. The van der Waals surface area contributed by atoms with Gasteiger partial charge in [-0.15, -0.1) is 0 Å². The van der Waals surface area contributed by atoms with Crippen LogP contribution in [0.3, 0.4) is 0 Å².